The Labute approximate surface area is 160 Å². The van der Waals surface area contributed by atoms with Gasteiger partial charge < -0.3 is 14.6 Å². The number of rotatable bonds is 5. The zero-order valence-electron chi connectivity index (χ0n) is 14.4. The van der Waals surface area contributed by atoms with E-state index in [2.05, 4.69) is 10.3 Å². The molecule has 1 atom stereocenters. The van der Waals surface area contributed by atoms with Crippen molar-refractivity contribution in [1.82, 2.24) is 9.88 Å². The highest BCUT2D eigenvalue weighted by atomic mass is 32.2. The van der Waals surface area contributed by atoms with Gasteiger partial charge in [0.2, 0.25) is 5.91 Å². The van der Waals surface area contributed by atoms with Gasteiger partial charge in [-0.05, 0) is 42.0 Å². The molecule has 1 aliphatic heterocycles. The van der Waals surface area contributed by atoms with Gasteiger partial charge in [-0.15, -0.1) is 11.8 Å². The molecule has 1 aromatic carbocycles. The van der Waals surface area contributed by atoms with Crippen LogP contribution in [0.3, 0.4) is 0 Å². The Morgan fingerprint density at radius 1 is 1.22 bits per heavy atom. The molecule has 3 heterocycles. The normalized spacial score (nSPS) is 16.5. The molecule has 0 unspecified atom stereocenters. The van der Waals surface area contributed by atoms with Crippen LogP contribution in [0.1, 0.15) is 27.1 Å². The van der Waals surface area contributed by atoms with Crippen molar-refractivity contribution in [2.45, 2.75) is 11.9 Å². The van der Waals surface area contributed by atoms with Crippen molar-refractivity contribution in [3.05, 3.63) is 84.1 Å². The van der Waals surface area contributed by atoms with E-state index < -0.39 is 0 Å². The third kappa shape index (κ3) is 3.88. The summed E-state index contributed by atoms with van der Waals surface area (Å²) in [6, 6.07) is 14.6. The molecule has 1 N–H and O–H groups in total. The lowest BCUT2D eigenvalue weighted by Crippen LogP contribution is -2.27. The molecular formula is C20H17N3O3S. The molecule has 2 aromatic heterocycles. The number of carbonyl (C=O) groups is 2. The first-order valence-electron chi connectivity index (χ1n) is 8.45. The summed E-state index contributed by atoms with van der Waals surface area (Å²) in [6.45, 7) is 0.437. The van der Waals surface area contributed by atoms with Gasteiger partial charge >= 0.3 is 0 Å². The first kappa shape index (κ1) is 17.4. The predicted molar refractivity (Wildman–Crippen MR) is 103 cm³/mol. The number of amides is 2. The number of hydrogen-bond donors (Lipinski definition) is 1. The number of benzene rings is 1. The number of pyridine rings is 1. The SMILES string of the molecule is O=C(Nc1cccnc1)c1ccc([C@H]2SCC(=O)N2Cc2ccco2)cc1. The fourth-order valence-corrected chi connectivity index (χ4v) is 4.10. The van der Waals surface area contributed by atoms with Crippen LogP contribution in [0.2, 0.25) is 0 Å². The van der Waals surface area contributed by atoms with Crippen molar-refractivity contribution in [3.8, 4) is 0 Å². The number of nitrogens with one attached hydrogen (secondary N) is 1. The average molecular weight is 379 g/mol. The zero-order valence-corrected chi connectivity index (χ0v) is 15.2. The zero-order chi connectivity index (χ0) is 18.6. The molecule has 4 rings (SSSR count). The van der Waals surface area contributed by atoms with E-state index in [1.165, 1.54) is 0 Å². The van der Waals surface area contributed by atoms with Gasteiger partial charge in [-0.25, -0.2) is 0 Å². The monoisotopic (exact) mass is 379 g/mol. The Kier molecular flexibility index (Phi) is 4.93. The standard InChI is InChI=1S/C20H17N3O3S/c24-18-13-27-20(23(18)12-17-4-2-10-26-17)15-7-5-14(6-8-15)19(25)22-16-3-1-9-21-11-16/h1-11,20H,12-13H2,(H,22,25)/t20-/m1/s1. The molecule has 0 bridgehead atoms. The Morgan fingerprint density at radius 2 is 2.07 bits per heavy atom. The van der Waals surface area contributed by atoms with Gasteiger partial charge in [-0.1, -0.05) is 12.1 Å². The Balaban J connectivity index is 1.48. The molecule has 7 heteroatoms. The largest absolute Gasteiger partial charge is 0.467 e. The summed E-state index contributed by atoms with van der Waals surface area (Å²) in [7, 11) is 0. The van der Waals surface area contributed by atoms with Crippen molar-refractivity contribution < 1.29 is 14.0 Å². The number of hydrogen-bond acceptors (Lipinski definition) is 5. The minimum atomic E-state index is -0.197. The second-order valence-corrected chi connectivity index (χ2v) is 7.15. The van der Waals surface area contributed by atoms with Crippen molar-refractivity contribution in [2.75, 3.05) is 11.1 Å². The van der Waals surface area contributed by atoms with Crippen LogP contribution in [0.15, 0.2) is 71.6 Å². The van der Waals surface area contributed by atoms with Crippen molar-refractivity contribution >= 4 is 29.3 Å². The fraction of sp³-hybridized carbons (Fsp3) is 0.150. The quantitative estimate of drug-likeness (QED) is 0.732. The summed E-state index contributed by atoms with van der Waals surface area (Å²) in [5, 5.41) is 2.72. The molecule has 0 aliphatic carbocycles. The van der Waals surface area contributed by atoms with E-state index in [4.69, 9.17) is 4.42 Å². The van der Waals surface area contributed by atoms with Crippen LogP contribution in [0.25, 0.3) is 0 Å². The summed E-state index contributed by atoms with van der Waals surface area (Å²) in [4.78, 5) is 30.4. The maximum absolute atomic E-state index is 12.4. The van der Waals surface area contributed by atoms with Crippen LogP contribution in [0.5, 0.6) is 0 Å². The van der Waals surface area contributed by atoms with Crippen molar-refractivity contribution in [2.24, 2.45) is 0 Å². The topological polar surface area (TPSA) is 75.4 Å². The van der Waals surface area contributed by atoms with Crippen LogP contribution < -0.4 is 5.32 Å². The fourth-order valence-electron chi connectivity index (χ4n) is 2.91. The lowest BCUT2D eigenvalue weighted by atomic mass is 10.1. The number of furan rings is 1. The van der Waals surface area contributed by atoms with E-state index in [0.717, 1.165) is 11.3 Å². The molecule has 2 amide bonds. The summed E-state index contributed by atoms with van der Waals surface area (Å²) in [5.74, 6) is 1.08. The molecule has 1 fully saturated rings. The van der Waals surface area contributed by atoms with Crippen LogP contribution in [-0.4, -0.2) is 27.5 Å². The van der Waals surface area contributed by atoms with Gasteiger partial charge in [0, 0.05) is 11.8 Å². The van der Waals surface area contributed by atoms with Crippen LogP contribution in [0, 0.1) is 0 Å². The molecular weight excluding hydrogens is 362 g/mol. The minimum Gasteiger partial charge on any atom is -0.467 e. The first-order chi connectivity index (χ1) is 13.2. The lowest BCUT2D eigenvalue weighted by Gasteiger charge is -2.23. The van der Waals surface area contributed by atoms with Crippen LogP contribution in [-0.2, 0) is 11.3 Å². The Bertz CT molecular complexity index is 927. The van der Waals surface area contributed by atoms with E-state index in [-0.39, 0.29) is 17.2 Å². The lowest BCUT2D eigenvalue weighted by molar-refractivity contribution is -0.128. The molecule has 0 radical (unpaired) electrons. The van der Waals surface area contributed by atoms with Gasteiger partial charge in [-0.2, -0.15) is 0 Å². The van der Waals surface area contributed by atoms with E-state index in [1.54, 1.807) is 59.6 Å². The van der Waals surface area contributed by atoms with Crippen molar-refractivity contribution in [3.63, 3.8) is 0 Å². The minimum absolute atomic E-state index is 0.0831. The highest BCUT2D eigenvalue weighted by Crippen LogP contribution is 2.39. The smallest absolute Gasteiger partial charge is 0.255 e. The molecule has 0 saturated carbocycles. The summed E-state index contributed by atoms with van der Waals surface area (Å²) in [6.07, 6.45) is 4.85. The summed E-state index contributed by atoms with van der Waals surface area (Å²) >= 11 is 1.58. The number of thioether (sulfide) groups is 1. The maximum atomic E-state index is 12.4. The number of aromatic nitrogens is 1. The van der Waals surface area contributed by atoms with Gasteiger partial charge in [0.1, 0.15) is 11.1 Å². The molecule has 1 saturated heterocycles. The predicted octanol–water partition coefficient (Wildman–Crippen LogP) is 3.70. The summed E-state index contributed by atoms with van der Waals surface area (Å²) in [5.41, 5.74) is 2.18. The molecule has 6 nitrogen and oxygen atoms in total. The second kappa shape index (κ2) is 7.67. The summed E-state index contributed by atoms with van der Waals surface area (Å²) < 4.78 is 5.37. The Hall–Kier alpha value is -3.06. The average Bonchev–Trinajstić information content (AvgIpc) is 3.34. The van der Waals surface area contributed by atoms with Gasteiger partial charge in [0.15, 0.2) is 0 Å². The van der Waals surface area contributed by atoms with E-state index in [9.17, 15) is 9.59 Å². The Morgan fingerprint density at radius 3 is 2.78 bits per heavy atom. The van der Waals surface area contributed by atoms with Crippen molar-refractivity contribution in [1.29, 1.82) is 0 Å². The number of anilines is 1. The second-order valence-electron chi connectivity index (χ2n) is 6.08. The van der Waals surface area contributed by atoms with Gasteiger partial charge in [0.05, 0.1) is 30.4 Å². The highest BCUT2D eigenvalue weighted by molar-refractivity contribution is 8.00. The van der Waals surface area contributed by atoms with Crippen LogP contribution in [0.4, 0.5) is 5.69 Å². The van der Waals surface area contributed by atoms with E-state index in [0.29, 0.717) is 23.5 Å². The molecule has 136 valence electrons. The molecule has 0 spiro atoms. The van der Waals surface area contributed by atoms with Crippen LogP contribution >= 0.6 is 11.8 Å². The number of carbonyl (C=O) groups excluding carboxylic acids is 2. The number of nitrogens with zero attached hydrogens (tertiary/aromatic N) is 2. The third-order valence-corrected chi connectivity index (χ3v) is 5.51. The highest BCUT2D eigenvalue weighted by Gasteiger charge is 2.33. The third-order valence-electron chi connectivity index (χ3n) is 4.25. The van der Waals surface area contributed by atoms with Gasteiger partial charge in [-0.3, -0.25) is 14.6 Å². The molecule has 1 aliphatic rings. The first-order valence-corrected chi connectivity index (χ1v) is 9.50. The van der Waals surface area contributed by atoms with Gasteiger partial charge in [0.25, 0.3) is 5.91 Å². The maximum Gasteiger partial charge on any atom is 0.255 e. The van der Waals surface area contributed by atoms with E-state index in [1.807, 2.05) is 24.3 Å². The molecule has 27 heavy (non-hydrogen) atoms. The van der Waals surface area contributed by atoms with E-state index >= 15 is 0 Å². The molecule has 3 aromatic rings.